The van der Waals surface area contributed by atoms with E-state index in [-0.39, 0.29) is 24.9 Å². The summed E-state index contributed by atoms with van der Waals surface area (Å²) in [6.45, 7) is 7.10. The molecule has 1 amide bonds. The predicted octanol–water partition coefficient (Wildman–Crippen LogP) is 1.27. The first kappa shape index (κ1) is 14.9. The third-order valence-corrected chi connectivity index (χ3v) is 1.70. The van der Waals surface area contributed by atoms with E-state index in [4.69, 9.17) is 9.15 Å². The molecule has 1 N–H and O–H groups in total. The van der Waals surface area contributed by atoms with E-state index in [2.05, 4.69) is 20.3 Å². The number of ether oxygens (including phenoxy) is 2. The van der Waals surface area contributed by atoms with Crippen LogP contribution in [0.3, 0.4) is 0 Å². The van der Waals surface area contributed by atoms with Gasteiger partial charge in [-0.1, -0.05) is 0 Å². The van der Waals surface area contributed by atoms with Gasteiger partial charge in [0.1, 0.15) is 5.60 Å². The maximum Gasteiger partial charge on any atom is 0.408 e. The molecule has 0 spiro atoms. The van der Waals surface area contributed by atoms with Gasteiger partial charge in [-0.15, -0.1) is 10.2 Å². The molecule has 0 aliphatic rings. The summed E-state index contributed by atoms with van der Waals surface area (Å²) in [5.41, 5.74) is -0.588. The van der Waals surface area contributed by atoms with E-state index in [1.807, 2.05) is 0 Å². The van der Waals surface area contributed by atoms with Crippen LogP contribution in [0.2, 0.25) is 0 Å². The molecule has 106 valence electrons. The zero-order valence-electron chi connectivity index (χ0n) is 11.3. The molecule has 0 unspecified atom stereocenters. The smallest absolute Gasteiger partial charge is 0.408 e. The van der Waals surface area contributed by atoms with Crippen LogP contribution in [-0.4, -0.2) is 34.5 Å². The number of alkyl carbamates (subject to hydrolysis) is 1. The van der Waals surface area contributed by atoms with Crippen LogP contribution in [0, 0.1) is 0 Å². The molecule has 0 aromatic carbocycles. The maximum atomic E-state index is 11.4. The molecule has 0 fully saturated rings. The predicted molar refractivity (Wildman–Crippen MR) is 63.3 cm³/mol. The number of carbonyl (C=O) groups is 2. The van der Waals surface area contributed by atoms with Crippen LogP contribution in [0.1, 0.15) is 44.3 Å². The second-order valence-electron chi connectivity index (χ2n) is 4.58. The first-order valence-corrected chi connectivity index (χ1v) is 5.78. The fraction of sp³-hybridized carbons (Fsp3) is 0.636. The van der Waals surface area contributed by atoms with Crippen LogP contribution in [0.5, 0.6) is 0 Å². The highest BCUT2D eigenvalue weighted by molar-refractivity contribution is 5.83. The number of hydrogen-bond acceptors (Lipinski definition) is 7. The molecule has 0 radical (unpaired) electrons. The second kappa shape index (κ2) is 6.17. The maximum absolute atomic E-state index is 11.4. The average molecular weight is 271 g/mol. The first-order valence-electron chi connectivity index (χ1n) is 5.78. The van der Waals surface area contributed by atoms with E-state index in [1.54, 1.807) is 27.7 Å². The van der Waals surface area contributed by atoms with Gasteiger partial charge in [-0.25, -0.2) is 9.59 Å². The van der Waals surface area contributed by atoms with Crippen molar-refractivity contribution in [2.75, 3.05) is 6.61 Å². The summed E-state index contributed by atoms with van der Waals surface area (Å²) in [6.07, 6.45) is -0.608. The Kier molecular flexibility index (Phi) is 4.85. The summed E-state index contributed by atoms with van der Waals surface area (Å²) >= 11 is 0. The van der Waals surface area contributed by atoms with Crippen molar-refractivity contribution in [3.8, 4) is 0 Å². The van der Waals surface area contributed by atoms with E-state index >= 15 is 0 Å². The van der Waals surface area contributed by atoms with Crippen molar-refractivity contribution in [1.82, 2.24) is 15.5 Å². The van der Waals surface area contributed by atoms with Crippen molar-refractivity contribution in [2.24, 2.45) is 0 Å². The monoisotopic (exact) mass is 271 g/mol. The summed E-state index contributed by atoms with van der Waals surface area (Å²) < 4.78 is 14.7. The Morgan fingerprint density at radius 3 is 2.58 bits per heavy atom. The Bertz CT molecular complexity index is 449. The Hall–Kier alpha value is -2.12. The summed E-state index contributed by atoms with van der Waals surface area (Å²) in [6, 6.07) is 0. The van der Waals surface area contributed by atoms with E-state index < -0.39 is 17.7 Å². The number of carbonyl (C=O) groups excluding carboxylic acids is 2. The van der Waals surface area contributed by atoms with Gasteiger partial charge in [-0.3, -0.25) is 0 Å². The van der Waals surface area contributed by atoms with Crippen LogP contribution in [0.4, 0.5) is 4.79 Å². The lowest BCUT2D eigenvalue weighted by Crippen LogP contribution is -2.32. The highest BCUT2D eigenvalue weighted by atomic mass is 16.6. The minimum Gasteiger partial charge on any atom is -0.459 e. The van der Waals surface area contributed by atoms with Crippen molar-refractivity contribution in [2.45, 2.75) is 39.8 Å². The molecule has 0 aliphatic carbocycles. The Labute approximate surface area is 110 Å². The summed E-state index contributed by atoms with van der Waals surface area (Å²) in [5.74, 6) is -0.852. The summed E-state index contributed by atoms with van der Waals surface area (Å²) in [5, 5.41) is 9.53. The standard InChI is InChI=1S/C11H17N3O5/c1-5-17-9(15)8-14-13-7(18-8)6-12-10(16)19-11(2,3)4/h5-6H2,1-4H3,(H,12,16). The van der Waals surface area contributed by atoms with Crippen molar-refractivity contribution in [3.63, 3.8) is 0 Å². The summed E-state index contributed by atoms with van der Waals surface area (Å²) in [4.78, 5) is 22.6. The fourth-order valence-corrected chi connectivity index (χ4v) is 1.06. The second-order valence-corrected chi connectivity index (χ2v) is 4.58. The van der Waals surface area contributed by atoms with Gasteiger partial charge >= 0.3 is 18.0 Å². The highest BCUT2D eigenvalue weighted by Crippen LogP contribution is 2.07. The molecular formula is C11H17N3O5. The average Bonchev–Trinajstić information content (AvgIpc) is 2.73. The zero-order valence-corrected chi connectivity index (χ0v) is 11.3. The lowest BCUT2D eigenvalue weighted by molar-refractivity contribution is 0.0478. The van der Waals surface area contributed by atoms with Crippen molar-refractivity contribution in [3.05, 3.63) is 11.8 Å². The lowest BCUT2D eigenvalue weighted by atomic mass is 10.2. The number of aromatic nitrogens is 2. The number of hydrogen-bond donors (Lipinski definition) is 1. The summed E-state index contributed by atoms with van der Waals surface area (Å²) in [7, 11) is 0. The van der Waals surface area contributed by atoms with Gasteiger partial charge in [0.25, 0.3) is 0 Å². The molecule has 1 aromatic rings. The van der Waals surface area contributed by atoms with Crippen LogP contribution >= 0.6 is 0 Å². The van der Waals surface area contributed by atoms with Gasteiger partial charge in [0.05, 0.1) is 13.2 Å². The Morgan fingerprint density at radius 2 is 2.00 bits per heavy atom. The molecule has 0 atom stereocenters. The van der Waals surface area contributed by atoms with Crippen molar-refractivity contribution in [1.29, 1.82) is 0 Å². The van der Waals surface area contributed by atoms with E-state index in [1.165, 1.54) is 0 Å². The normalized spacial score (nSPS) is 10.9. The van der Waals surface area contributed by atoms with Gasteiger partial charge in [0, 0.05) is 0 Å². The molecule has 0 saturated carbocycles. The molecule has 1 rings (SSSR count). The number of amides is 1. The highest BCUT2D eigenvalue weighted by Gasteiger charge is 2.18. The molecule has 0 saturated heterocycles. The van der Waals surface area contributed by atoms with Crippen LogP contribution < -0.4 is 5.32 Å². The van der Waals surface area contributed by atoms with Crippen molar-refractivity contribution >= 4 is 12.1 Å². The Morgan fingerprint density at radius 1 is 1.32 bits per heavy atom. The topological polar surface area (TPSA) is 104 Å². The molecule has 19 heavy (non-hydrogen) atoms. The molecular weight excluding hydrogens is 254 g/mol. The lowest BCUT2D eigenvalue weighted by Gasteiger charge is -2.19. The number of rotatable bonds is 4. The minimum absolute atomic E-state index is 0.0265. The number of esters is 1. The number of nitrogens with one attached hydrogen (secondary N) is 1. The zero-order chi connectivity index (χ0) is 14.5. The third-order valence-electron chi connectivity index (χ3n) is 1.70. The molecule has 0 aliphatic heterocycles. The molecule has 8 heteroatoms. The molecule has 0 bridgehead atoms. The largest absolute Gasteiger partial charge is 0.459 e. The fourth-order valence-electron chi connectivity index (χ4n) is 1.06. The van der Waals surface area contributed by atoms with Crippen LogP contribution in [0.15, 0.2) is 4.42 Å². The first-order chi connectivity index (χ1) is 8.81. The molecule has 1 aromatic heterocycles. The van der Waals surface area contributed by atoms with Crippen molar-refractivity contribution < 1.29 is 23.5 Å². The van der Waals surface area contributed by atoms with Gasteiger partial charge in [0.15, 0.2) is 0 Å². The van der Waals surface area contributed by atoms with Gasteiger partial charge in [0.2, 0.25) is 5.89 Å². The minimum atomic E-state index is -0.696. The van der Waals surface area contributed by atoms with Gasteiger partial charge in [-0.05, 0) is 27.7 Å². The van der Waals surface area contributed by atoms with Crippen LogP contribution in [-0.2, 0) is 16.0 Å². The quantitative estimate of drug-likeness (QED) is 0.822. The van der Waals surface area contributed by atoms with Gasteiger partial charge in [-0.2, -0.15) is 0 Å². The molecule has 1 heterocycles. The Balaban J connectivity index is 2.46. The SMILES string of the molecule is CCOC(=O)c1nnc(CNC(=O)OC(C)(C)C)o1. The van der Waals surface area contributed by atoms with E-state index in [9.17, 15) is 9.59 Å². The van der Waals surface area contributed by atoms with Crippen LogP contribution in [0.25, 0.3) is 0 Å². The van der Waals surface area contributed by atoms with Gasteiger partial charge < -0.3 is 19.2 Å². The molecule has 8 nitrogen and oxygen atoms in total. The van der Waals surface area contributed by atoms with E-state index in [0.29, 0.717) is 0 Å². The third kappa shape index (κ3) is 5.36. The van der Waals surface area contributed by atoms with E-state index in [0.717, 1.165) is 0 Å². The number of nitrogens with zero attached hydrogens (tertiary/aromatic N) is 2.